The van der Waals surface area contributed by atoms with Crippen molar-refractivity contribution in [3.63, 3.8) is 0 Å². The largest absolute Gasteiger partial charge is 0.279 e. The molecule has 2 aromatic heterocycles. The van der Waals surface area contributed by atoms with E-state index in [-0.39, 0.29) is 5.56 Å². The van der Waals surface area contributed by atoms with E-state index in [0.717, 1.165) is 35.0 Å². The van der Waals surface area contributed by atoms with Crippen molar-refractivity contribution in [3.05, 3.63) is 56.2 Å². The molecule has 5 heteroatoms. The lowest BCUT2D eigenvalue weighted by atomic mass is 9.72. The fourth-order valence-corrected chi connectivity index (χ4v) is 5.19. The second-order valence-electron chi connectivity index (χ2n) is 8.53. The van der Waals surface area contributed by atoms with Crippen LogP contribution in [0.5, 0.6) is 0 Å². The monoisotopic (exact) mass is 367 g/mol. The Bertz CT molecular complexity index is 1030. The Morgan fingerprint density at radius 2 is 2.12 bits per heavy atom. The SMILES string of the molecule is Cc1cccc(Cn2nnc3sc4c(c3c2=O)CC[C@H](C(C)(C)C)C4)c1. The quantitative estimate of drug-likeness (QED) is 0.676. The third-order valence-electron chi connectivity index (χ3n) is 5.58. The van der Waals surface area contributed by atoms with E-state index in [1.54, 1.807) is 11.3 Å². The Hall–Kier alpha value is -2.01. The van der Waals surface area contributed by atoms with E-state index in [1.165, 1.54) is 20.7 Å². The minimum Gasteiger partial charge on any atom is -0.267 e. The molecular weight excluding hydrogens is 342 g/mol. The smallest absolute Gasteiger partial charge is 0.267 e. The number of fused-ring (bicyclic) bond motifs is 3. The van der Waals surface area contributed by atoms with Gasteiger partial charge in [0.15, 0.2) is 4.83 Å². The number of aromatic nitrogens is 3. The zero-order valence-electron chi connectivity index (χ0n) is 15.9. The molecule has 26 heavy (non-hydrogen) atoms. The summed E-state index contributed by atoms with van der Waals surface area (Å²) in [5.74, 6) is 0.658. The van der Waals surface area contributed by atoms with Gasteiger partial charge in [0.25, 0.3) is 5.56 Å². The van der Waals surface area contributed by atoms with Gasteiger partial charge in [-0.1, -0.05) is 55.8 Å². The van der Waals surface area contributed by atoms with E-state index >= 15 is 0 Å². The van der Waals surface area contributed by atoms with Gasteiger partial charge in [0.1, 0.15) is 0 Å². The van der Waals surface area contributed by atoms with Crippen LogP contribution in [0.3, 0.4) is 0 Å². The van der Waals surface area contributed by atoms with Crippen molar-refractivity contribution in [2.24, 2.45) is 11.3 Å². The maximum Gasteiger partial charge on any atom is 0.279 e. The summed E-state index contributed by atoms with van der Waals surface area (Å²) in [6.45, 7) is 9.46. The van der Waals surface area contributed by atoms with Crippen molar-refractivity contribution < 1.29 is 0 Å². The summed E-state index contributed by atoms with van der Waals surface area (Å²) in [7, 11) is 0. The molecule has 0 unspecified atom stereocenters. The Balaban J connectivity index is 1.74. The predicted molar refractivity (Wildman–Crippen MR) is 107 cm³/mol. The highest BCUT2D eigenvalue weighted by Crippen LogP contribution is 2.41. The molecular formula is C21H25N3OS. The normalized spacial score (nSPS) is 17.5. The van der Waals surface area contributed by atoms with Gasteiger partial charge in [-0.05, 0) is 48.6 Å². The second-order valence-corrected chi connectivity index (χ2v) is 9.61. The van der Waals surface area contributed by atoms with E-state index in [4.69, 9.17) is 0 Å². The van der Waals surface area contributed by atoms with E-state index in [2.05, 4.69) is 50.1 Å². The highest BCUT2D eigenvalue weighted by atomic mass is 32.1. The molecule has 1 atom stereocenters. The number of benzene rings is 1. The summed E-state index contributed by atoms with van der Waals surface area (Å²) in [5, 5.41) is 9.40. The van der Waals surface area contributed by atoms with Crippen molar-refractivity contribution in [2.75, 3.05) is 0 Å². The van der Waals surface area contributed by atoms with Crippen LogP contribution >= 0.6 is 11.3 Å². The molecule has 0 radical (unpaired) electrons. The maximum atomic E-state index is 13.1. The lowest BCUT2D eigenvalue weighted by molar-refractivity contribution is 0.218. The fourth-order valence-electron chi connectivity index (χ4n) is 3.95. The van der Waals surface area contributed by atoms with Crippen LogP contribution in [-0.4, -0.2) is 15.0 Å². The second kappa shape index (κ2) is 6.31. The standard InChI is InChI=1S/C21H25N3OS/c1-13-6-5-7-14(10-13)12-24-20(25)18-16-9-8-15(21(2,3)4)11-17(16)26-19(18)22-23-24/h5-7,10,15H,8-9,11-12H2,1-4H3/t15-/m0/s1. The molecule has 2 heterocycles. The average Bonchev–Trinajstić information content (AvgIpc) is 2.95. The zero-order chi connectivity index (χ0) is 18.5. The Morgan fingerprint density at radius 1 is 1.31 bits per heavy atom. The van der Waals surface area contributed by atoms with Gasteiger partial charge in [-0.2, -0.15) is 0 Å². The molecule has 0 spiro atoms. The molecule has 4 nitrogen and oxygen atoms in total. The molecule has 1 aliphatic carbocycles. The molecule has 1 aliphatic rings. The number of rotatable bonds is 2. The van der Waals surface area contributed by atoms with Crippen LogP contribution in [0, 0.1) is 18.3 Å². The molecule has 0 aliphatic heterocycles. The van der Waals surface area contributed by atoms with Crippen LogP contribution in [0.1, 0.15) is 48.8 Å². The number of hydrogen-bond donors (Lipinski definition) is 0. The van der Waals surface area contributed by atoms with Gasteiger partial charge in [-0.15, -0.1) is 16.4 Å². The number of thiophene rings is 1. The van der Waals surface area contributed by atoms with Crippen LogP contribution in [0.15, 0.2) is 29.1 Å². The van der Waals surface area contributed by atoms with Gasteiger partial charge in [0.2, 0.25) is 0 Å². The number of nitrogens with zero attached hydrogens (tertiary/aromatic N) is 3. The lowest BCUT2D eigenvalue weighted by Crippen LogP contribution is -2.28. The molecule has 0 saturated carbocycles. The van der Waals surface area contributed by atoms with E-state index in [9.17, 15) is 4.79 Å². The third-order valence-corrected chi connectivity index (χ3v) is 6.72. The van der Waals surface area contributed by atoms with Gasteiger partial charge in [-0.25, -0.2) is 4.68 Å². The van der Waals surface area contributed by atoms with E-state index in [0.29, 0.717) is 17.9 Å². The van der Waals surface area contributed by atoms with Crippen LogP contribution in [0.2, 0.25) is 0 Å². The molecule has 0 bridgehead atoms. The van der Waals surface area contributed by atoms with Crippen LogP contribution in [0.25, 0.3) is 10.2 Å². The van der Waals surface area contributed by atoms with Gasteiger partial charge < -0.3 is 0 Å². The average molecular weight is 368 g/mol. The van der Waals surface area contributed by atoms with Crippen LogP contribution < -0.4 is 5.56 Å². The first-order valence-electron chi connectivity index (χ1n) is 9.26. The molecule has 0 N–H and O–H groups in total. The van der Waals surface area contributed by atoms with E-state index < -0.39 is 0 Å². The van der Waals surface area contributed by atoms with Gasteiger partial charge in [-0.3, -0.25) is 4.79 Å². The predicted octanol–water partition coefficient (Wildman–Crippen LogP) is 4.36. The summed E-state index contributed by atoms with van der Waals surface area (Å²) < 4.78 is 1.51. The Morgan fingerprint density at radius 3 is 2.85 bits per heavy atom. The topological polar surface area (TPSA) is 47.8 Å². The van der Waals surface area contributed by atoms with Crippen molar-refractivity contribution in [2.45, 2.75) is 53.5 Å². The van der Waals surface area contributed by atoms with Crippen molar-refractivity contribution in [1.29, 1.82) is 0 Å². The van der Waals surface area contributed by atoms with Crippen molar-refractivity contribution in [1.82, 2.24) is 15.0 Å². The molecule has 136 valence electrons. The Kier molecular flexibility index (Phi) is 4.22. The first-order valence-corrected chi connectivity index (χ1v) is 10.1. The minimum atomic E-state index is 0.00298. The van der Waals surface area contributed by atoms with Crippen molar-refractivity contribution >= 4 is 21.6 Å². The third kappa shape index (κ3) is 3.09. The van der Waals surface area contributed by atoms with Crippen LogP contribution in [0.4, 0.5) is 0 Å². The molecule has 0 fully saturated rings. The molecule has 4 rings (SSSR count). The highest BCUT2D eigenvalue weighted by molar-refractivity contribution is 7.18. The maximum absolute atomic E-state index is 13.1. The molecule has 0 amide bonds. The molecule has 3 aromatic rings. The zero-order valence-corrected chi connectivity index (χ0v) is 16.7. The fraction of sp³-hybridized carbons (Fsp3) is 0.476. The lowest BCUT2D eigenvalue weighted by Gasteiger charge is -2.33. The summed E-state index contributed by atoms with van der Waals surface area (Å²) in [6, 6.07) is 8.19. The number of hydrogen-bond acceptors (Lipinski definition) is 4. The van der Waals surface area contributed by atoms with Gasteiger partial charge in [0.05, 0.1) is 11.9 Å². The highest BCUT2D eigenvalue weighted by Gasteiger charge is 2.31. The summed E-state index contributed by atoms with van der Waals surface area (Å²) in [6.07, 6.45) is 3.17. The van der Waals surface area contributed by atoms with Gasteiger partial charge in [0, 0.05) is 4.88 Å². The molecule has 0 saturated heterocycles. The molecule has 1 aromatic carbocycles. The summed E-state index contributed by atoms with van der Waals surface area (Å²) in [4.78, 5) is 15.2. The minimum absolute atomic E-state index is 0.00298. The number of aryl methyl sites for hydroxylation is 2. The first kappa shape index (κ1) is 17.4. The van der Waals surface area contributed by atoms with Gasteiger partial charge >= 0.3 is 0 Å². The first-order chi connectivity index (χ1) is 12.3. The van der Waals surface area contributed by atoms with E-state index in [1.807, 2.05) is 12.1 Å². The Labute approximate surface area is 157 Å². The summed E-state index contributed by atoms with van der Waals surface area (Å²) in [5.41, 5.74) is 3.79. The summed E-state index contributed by atoms with van der Waals surface area (Å²) >= 11 is 1.66. The van der Waals surface area contributed by atoms with Crippen LogP contribution in [-0.2, 0) is 19.4 Å². The van der Waals surface area contributed by atoms with Crippen molar-refractivity contribution in [3.8, 4) is 0 Å².